The van der Waals surface area contributed by atoms with Gasteiger partial charge in [0.05, 0.1) is 0 Å². The molecule has 1 aliphatic carbocycles. The van der Waals surface area contributed by atoms with Gasteiger partial charge in [0.25, 0.3) is 0 Å². The molecule has 0 nitrogen and oxygen atoms in total. The molecule has 1 saturated carbocycles. The van der Waals surface area contributed by atoms with Crippen molar-refractivity contribution in [3.8, 4) is 0 Å². The van der Waals surface area contributed by atoms with Crippen LogP contribution in [0.25, 0.3) is 0 Å². The van der Waals surface area contributed by atoms with Crippen LogP contribution in [-0.4, -0.2) is 16.8 Å². The quantitative estimate of drug-likeness (QED) is 0.672. The fraction of sp³-hybridized carbons (Fsp3) is 1.00. The normalized spacial score (nSPS) is 22.4. The zero-order valence-electron chi connectivity index (χ0n) is 7.24. The Labute approximate surface area is 82.6 Å². The summed E-state index contributed by atoms with van der Waals surface area (Å²) in [6.07, 6.45) is 5.81. The Balaban J connectivity index is 2.33. The summed E-state index contributed by atoms with van der Waals surface area (Å²) < 4.78 is 0. The summed E-state index contributed by atoms with van der Waals surface area (Å²) in [5.41, 5.74) is 0.667. The van der Waals surface area contributed by atoms with Crippen LogP contribution in [0.5, 0.6) is 0 Å². The molecule has 0 bridgehead atoms. The van der Waals surface area contributed by atoms with Crippen LogP contribution >= 0.6 is 27.7 Å². The summed E-state index contributed by atoms with van der Waals surface area (Å²) >= 11 is 5.75. The number of alkyl halides is 1. The third-order valence-corrected chi connectivity index (χ3v) is 4.97. The van der Waals surface area contributed by atoms with Crippen LogP contribution in [-0.2, 0) is 0 Å². The lowest BCUT2D eigenvalue weighted by molar-refractivity contribution is 0.405. The topological polar surface area (TPSA) is 0 Å². The van der Waals surface area contributed by atoms with Crippen molar-refractivity contribution in [2.45, 2.75) is 32.6 Å². The highest BCUT2D eigenvalue weighted by atomic mass is 79.9. The van der Waals surface area contributed by atoms with Crippen molar-refractivity contribution >= 4 is 27.7 Å². The molecule has 0 spiro atoms. The molecule has 1 rings (SSSR count). The fourth-order valence-electron chi connectivity index (χ4n) is 1.76. The van der Waals surface area contributed by atoms with Crippen LogP contribution in [0.3, 0.4) is 0 Å². The molecule has 0 aromatic heterocycles. The van der Waals surface area contributed by atoms with Crippen LogP contribution in [0.15, 0.2) is 0 Å². The van der Waals surface area contributed by atoms with Gasteiger partial charge >= 0.3 is 0 Å². The molecule has 66 valence electrons. The van der Waals surface area contributed by atoms with Gasteiger partial charge in [0, 0.05) is 5.33 Å². The van der Waals surface area contributed by atoms with E-state index in [-0.39, 0.29) is 0 Å². The van der Waals surface area contributed by atoms with Gasteiger partial charge in [0.1, 0.15) is 0 Å². The second-order valence-corrected chi connectivity index (χ2v) is 5.31. The Bertz CT molecular complexity index is 108. The van der Waals surface area contributed by atoms with Gasteiger partial charge in [-0.1, -0.05) is 35.7 Å². The molecule has 0 unspecified atom stereocenters. The minimum atomic E-state index is 0.667. The second-order valence-electron chi connectivity index (χ2n) is 3.48. The third-order valence-electron chi connectivity index (χ3n) is 2.56. The van der Waals surface area contributed by atoms with Gasteiger partial charge in [-0.2, -0.15) is 11.8 Å². The fourth-order valence-corrected chi connectivity index (χ4v) is 3.81. The van der Waals surface area contributed by atoms with Crippen LogP contribution in [0.1, 0.15) is 32.6 Å². The molecule has 0 amide bonds. The predicted molar refractivity (Wildman–Crippen MR) is 57.7 cm³/mol. The van der Waals surface area contributed by atoms with Crippen LogP contribution in [0.4, 0.5) is 0 Å². The van der Waals surface area contributed by atoms with Crippen molar-refractivity contribution in [3.05, 3.63) is 0 Å². The molecule has 2 heteroatoms. The van der Waals surface area contributed by atoms with E-state index in [0.717, 1.165) is 0 Å². The summed E-state index contributed by atoms with van der Waals surface area (Å²) in [5, 5.41) is 1.22. The lowest BCUT2D eigenvalue weighted by atomic mass is 9.92. The molecule has 0 radical (unpaired) electrons. The van der Waals surface area contributed by atoms with Gasteiger partial charge < -0.3 is 0 Å². The zero-order valence-corrected chi connectivity index (χ0v) is 9.64. The number of hydrogen-bond acceptors (Lipinski definition) is 1. The summed E-state index contributed by atoms with van der Waals surface area (Å²) in [6, 6.07) is 0. The highest BCUT2D eigenvalue weighted by molar-refractivity contribution is 9.09. The highest BCUT2D eigenvalue weighted by Gasteiger charge is 2.31. The van der Waals surface area contributed by atoms with E-state index in [4.69, 9.17) is 0 Å². The van der Waals surface area contributed by atoms with E-state index < -0.39 is 0 Å². The van der Waals surface area contributed by atoms with E-state index in [2.05, 4.69) is 34.6 Å². The van der Waals surface area contributed by atoms with Crippen molar-refractivity contribution in [3.63, 3.8) is 0 Å². The second kappa shape index (κ2) is 4.76. The van der Waals surface area contributed by atoms with Crippen molar-refractivity contribution in [1.82, 2.24) is 0 Å². The van der Waals surface area contributed by atoms with Gasteiger partial charge in [-0.15, -0.1) is 0 Å². The maximum absolute atomic E-state index is 3.65. The highest BCUT2D eigenvalue weighted by Crippen LogP contribution is 2.41. The minimum absolute atomic E-state index is 0.667. The maximum Gasteiger partial charge on any atom is 0.00958 e. The zero-order chi connectivity index (χ0) is 8.16. The summed E-state index contributed by atoms with van der Waals surface area (Å²) in [6.45, 7) is 2.25. The first kappa shape index (κ1) is 9.91. The summed E-state index contributed by atoms with van der Waals surface area (Å²) in [4.78, 5) is 0. The molecule has 0 aliphatic heterocycles. The molecule has 0 N–H and O–H groups in total. The number of halogens is 1. The Morgan fingerprint density at radius 1 is 1.36 bits per heavy atom. The van der Waals surface area contributed by atoms with Crippen LogP contribution < -0.4 is 0 Å². The Morgan fingerprint density at radius 2 is 2.00 bits per heavy atom. The van der Waals surface area contributed by atoms with Gasteiger partial charge in [-0.25, -0.2) is 0 Å². The first-order valence-electron chi connectivity index (χ1n) is 4.47. The van der Waals surface area contributed by atoms with Gasteiger partial charge in [-0.3, -0.25) is 0 Å². The minimum Gasteiger partial charge on any atom is -0.162 e. The first-order chi connectivity index (χ1) is 5.33. The smallest absolute Gasteiger partial charge is 0.00958 e. The van der Waals surface area contributed by atoms with E-state index in [9.17, 15) is 0 Å². The number of thioether (sulfide) groups is 1. The molecule has 0 atom stereocenters. The molecule has 0 heterocycles. The SMILES string of the molecule is CCSCC1(CBr)CCCC1. The third kappa shape index (κ3) is 2.66. The average Bonchev–Trinajstić information content (AvgIpc) is 2.50. The van der Waals surface area contributed by atoms with E-state index in [0.29, 0.717) is 5.41 Å². The van der Waals surface area contributed by atoms with E-state index in [1.165, 1.54) is 42.5 Å². The first-order valence-corrected chi connectivity index (χ1v) is 6.74. The molecule has 1 aliphatic rings. The Kier molecular flexibility index (Phi) is 4.29. The Hall–Kier alpha value is 0.830. The Morgan fingerprint density at radius 3 is 2.45 bits per heavy atom. The molecule has 1 fully saturated rings. The molecule has 0 aromatic rings. The van der Waals surface area contributed by atoms with Crippen LogP contribution in [0, 0.1) is 5.41 Å². The van der Waals surface area contributed by atoms with Crippen molar-refractivity contribution in [2.75, 3.05) is 16.8 Å². The molecular weight excluding hydrogens is 220 g/mol. The molecule has 0 saturated heterocycles. The van der Waals surface area contributed by atoms with Crippen molar-refractivity contribution < 1.29 is 0 Å². The lowest BCUT2D eigenvalue weighted by Gasteiger charge is -2.25. The average molecular weight is 237 g/mol. The summed E-state index contributed by atoms with van der Waals surface area (Å²) in [5.74, 6) is 2.64. The van der Waals surface area contributed by atoms with Crippen molar-refractivity contribution in [1.29, 1.82) is 0 Å². The number of rotatable bonds is 4. The van der Waals surface area contributed by atoms with Gasteiger partial charge in [0.2, 0.25) is 0 Å². The van der Waals surface area contributed by atoms with Gasteiger partial charge in [-0.05, 0) is 29.8 Å². The van der Waals surface area contributed by atoms with E-state index in [1.807, 2.05) is 0 Å². The molecule has 0 aromatic carbocycles. The molecule has 11 heavy (non-hydrogen) atoms. The monoisotopic (exact) mass is 236 g/mol. The van der Waals surface area contributed by atoms with Crippen molar-refractivity contribution in [2.24, 2.45) is 5.41 Å². The van der Waals surface area contributed by atoms with Crippen LogP contribution in [0.2, 0.25) is 0 Å². The van der Waals surface area contributed by atoms with E-state index >= 15 is 0 Å². The molecular formula is C9H17BrS. The number of hydrogen-bond donors (Lipinski definition) is 0. The standard InChI is InChI=1S/C9H17BrS/c1-2-11-8-9(7-10)5-3-4-6-9/h2-8H2,1H3. The predicted octanol–water partition coefficient (Wildman–Crippen LogP) is 3.69. The lowest BCUT2D eigenvalue weighted by Crippen LogP contribution is -2.21. The summed E-state index contributed by atoms with van der Waals surface area (Å²) in [7, 11) is 0. The largest absolute Gasteiger partial charge is 0.162 e. The maximum atomic E-state index is 3.65. The van der Waals surface area contributed by atoms with E-state index in [1.54, 1.807) is 0 Å². The van der Waals surface area contributed by atoms with Gasteiger partial charge in [0.15, 0.2) is 0 Å².